The minimum atomic E-state index is 0.742. The molecule has 1 rings (SSSR count). The first-order chi connectivity index (χ1) is 9.24. The number of hydrogen-bond donors (Lipinski definition) is 1. The Balaban J connectivity index is 2.20. The molecule has 114 valence electrons. The smallest absolute Gasteiger partial charge is 0.0593 e. The van der Waals surface area contributed by atoms with E-state index in [1.165, 1.54) is 38.5 Å². The summed E-state index contributed by atoms with van der Waals surface area (Å²) in [5, 5.41) is 0. The molecule has 0 bridgehead atoms. The van der Waals surface area contributed by atoms with Crippen molar-refractivity contribution in [1.82, 2.24) is 4.90 Å². The van der Waals surface area contributed by atoms with Crippen LogP contribution in [0.5, 0.6) is 0 Å². The normalized spacial score (nSPS) is 17.5. The van der Waals surface area contributed by atoms with E-state index in [0.29, 0.717) is 0 Å². The molecule has 0 heterocycles. The predicted octanol–water partition coefficient (Wildman–Crippen LogP) is 3.03. The third-order valence-electron chi connectivity index (χ3n) is 4.10. The fraction of sp³-hybridized carbons (Fsp3) is 1.00. The SMILES string of the molecule is CC(C)CCOCCN(CCCN)C1CCCCC1. The highest BCUT2D eigenvalue weighted by atomic mass is 16.5. The van der Waals surface area contributed by atoms with Crippen LogP contribution in [0.4, 0.5) is 0 Å². The maximum atomic E-state index is 5.77. The number of hydrogen-bond acceptors (Lipinski definition) is 3. The van der Waals surface area contributed by atoms with Crippen LogP contribution in [0.3, 0.4) is 0 Å². The lowest BCUT2D eigenvalue weighted by atomic mass is 9.94. The molecule has 1 saturated carbocycles. The summed E-state index contributed by atoms with van der Waals surface area (Å²) >= 11 is 0. The van der Waals surface area contributed by atoms with Crippen LogP contribution in [0.25, 0.3) is 0 Å². The van der Waals surface area contributed by atoms with E-state index < -0.39 is 0 Å². The van der Waals surface area contributed by atoms with Crippen molar-refractivity contribution in [1.29, 1.82) is 0 Å². The van der Waals surface area contributed by atoms with Crippen LogP contribution >= 0.6 is 0 Å². The average molecular weight is 270 g/mol. The number of nitrogens with zero attached hydrogens (tertiary/aromatic N) is 1. The third-order valence-corrected chi connectivity index (χ3v) is 4.10. The topological polar surface area (TPSA) is 38.5 Å². The molecule has 0 unspecified atom stereocenters. The molecule has 0 spiro atoms. The summed E-state index contributed by atoms with van der Waals surface area (Å²) in [6.45, 7) is 9.33. The molecule has 1 aliphatic rings. The van der Waals surface area contributed by atoms with Gasteiger partial charge in [0.1, 0.15) is 0 Å². The lowest BCUT2D eigenvalue weighted by Crippen LogP contribution is -2.40. The van der Waals surface area contributed by atoms with Crippen molar-refractivity contribution in [3.8, 4) is 0 Å². The summed E-state index contributed by atoms with van der Waals surface area (Å²) in [7, 11) is 0. The minimum absolute atomic E-state index is 0.742. The molecule has 3 nitrogen and oxygen atoms in total. The van der Waals surface area contributed by atoms with E-state index in [-0.39, 0.29) is 0 Å². The van der Waals surface area contributed by atoms with Crippen molar-refractivity contribution in [2.75, 3.05) is 32.8 Å². The largest absolute Gasteiger partial charge is 0.380 e. The van der Waals surface area contributed by atoms with Gasteiger partial charge < -0.3 is 10.5 Å². The van der Waals surface area contributed by atoms with Gasteiger partial charge in [-0.15, -0.1) is 0 Å². The van der Waals surface area contributed by atoms with Gasteiger partial charge in [0.15, 0.2) is 0 Å². The van der Waals surface area contributed by atoms with Crippen LogP contribution in [-0.4, -0.2) is 43.8 Å². The van der Waals surface area contributed by atoms with Gasteiger partial charge in [-0.3, -0.25) is 4.90 Å². The molecule has 0 aliphatic heterocycles. The lowest BCUT2D eigenvalue weighted by molar-refractivity contribution is 0.0711. The predicted molar refractivity (Wildman–Crippen MR) is 82.4 cm³/mol. The molecular formula is C16H34N2O. The van der Waals surface area contributed by atoms with Gasteiger partial charge in [0.25, 0.3) is 0 Å². The van der Waals surface area contributed by atoms with Gasteiger partial charge in [0, 0.05) is 19.2 Å². The Labute approximate surface area is 119 Å². The van der Waals surface area contributed by atoms with E-state index in [1.807, 2.05) is 0 Å². The van der Waals surface area contributed by atoms with Crippen LogP contribution in [0.2, 0.25) is 0 Å². The number of ether oxygens (including phenoxy) is 1. The summed E-state index contributed by atoms with van der Waals surface area (Å²) in [5.41, 5.74) is 5.66. The van der Waals surface area contributed by atoms with Crippen molar-refractivity contribution < 1.29 is 4.74 Å². The molecule has 0 aromatic carbocycles. The van der Waals surface area contributed by atoms with Crippen LogP contribution in [0, 0.1) is 5.92 Å². The Hall–Kier alpha value is -0.120. The van der Waals surface area contributed by atoms with Gasteiger partial charge in [0.2, 0.25) is 0 Å². The Bertz CT molecular complexity index is 203. The Morgan fingerprint density at radius 1 is 1.11 bits per heavy atom. The van der Waals surface area contributed by atoms with Crippen LogP contribution in [-0.2, 0) is 4.74 Å². The third kappa shape index (κ3) is 7.91. The minimum Gasteiger partial charge on any atom is -0.380 e. The maximum absolute atomic E-state index is 5.77. The van der Waals surface area contributed by atoms with Crippen molar-refractivity contribution in [3.05, 3.63) is 0 Å². The molecule has 0 radical (unpaired) electrons. The van der Waals surface area contributed by atoms with Gasteiger partial charge >= 0.3 is 0 Å². The highest BCUT2D eigenvalue weighted by Crippen LogP contribution is 2.22. The first kappa shape index (κ1) is 16.9. The molecule has 2 N–H and O–H groups in total. The molecule has 0 saturated heterocycles. The molecule has 1 aliphatic carbocycles. The van der Waals surface area contributed by atoms with E-state index >= 15 is 0 Å². The zero-order valence-corrected chi connectivity index (χ0v) is 13.1. The van der Waals surface area contributed by atoms with Gasteiger partial charge in [-0.1, -0.05) is 33.1 Å². The van der Waals surface area contributed by atoms with Crippen molar-refractivity contribution in [2.24, 2.45) is 11.7 Å². The summed E-state index contributed by atoms with van der Waals surface area (Å²) in [6.07, 6.45) is 9.25. The zero-order valence-electron chi connectivity index (χ0n) is 13.1. The second-order valence-corrected chi connectivity index (χ2v) is 6.26. The Morgan fingerprint density at radius 3 is 2.47 bits per heavy atom. The fourth-order valence-corrected chi connectivity index (χ4v) is 2.82. The summed E-state index contributed by atoms with van der Waals surface area (Å²) in [5.74, 6) is 0.742. The standard InChI is InChI=1S/C16H34N2O/c1-15(2)9-13-19-14-12-18(11-6-10-17)16-7-4-3-5-8-16/h15-16H,3-14,17H2,1-2H3. The first-order valence-corrected chi connectivity index (χ1v) is 8.26. The van der Waals surface area contributed by atoms with E-state index in [4.69, 9.17) is 10.5 Å². The van der Waals surface area contributed by atoms with Crippen molar-refractivity contribution >= 4 is 0 Å². The average Bonchev–Trinajstić information content (AvgIpc) is 2.42. The fourth-order valence-electron chi connectivity index (χ4n) is 2.82. The van der Waals surface area contributed by atoms with Crippen LogP contribution < -0.4 is 5.73 Å². The zero-order chi connectivity index (χ0) is 13.9. The van der Waals surface area contributed by atoms with E-state index in [9.17, 15) is 0 Å². The molecule has 19 heavy (non-hydrogen) atoms. The first-order valence-electron chi connectivity index (χ1n) is 8.26. The molecular weight excluding hydrogens is 236 g/mol. The highest BCUT2D eigenvalue weighted by molar-refractivity contribution is 4.75. The summed E-state index contributed by atoms with van der Waals surface area (Å²) < 4.78 is 5.77. The van der Waals surface area contributed by atoms with Gasteiger partial charge in [-0.05, 0) is 44.7 Å². The maximum Gasteiger partial charge on any atom is 0.0593 e. The second kappa shape index (κ2) is 10.6. The number of nitrogens with two attached hydrogens (primary N) is 1. The second-order valence-electron chi connectivity index (χ2n) is 6.26. The number of rotatable bonds is 10. The van der Waals surface area contributed by atoms with Crippen LogP contribution in [0.1, 0.15) is 58.8 Å². The highest BCUT2D eigenvalue weighted by Gasteiger charge is 2.20. The molecule has 3 heteroatoms. The van der Waals surface area contributed by atoms with Gasteiger partial charge in [-0.2, -0.15) is 0 Å². The Morgan fingerprint density at radius 2 is 1.84 bits per heavy atom. The van der Waals surface area contributed by atoms with Crippen molar-refractivity contribution in [2.45, 2.75) is 64.8 Å². The van der Waals surface area contributed by atoms with E-state index in [1.54, 1.807) is 0 Å². The molecule has 0 atom stereocenters. The lowest BCUT2D eigenvalue weighted by Gasteiger charge is -2.34. The quantitative estimate of drug-likeness (QED) is 0.620. The monoisotopic (exact) mass is 270 g/mol. The van der Waals surface area contributed by atoms with Crippen molar-refractivity contribution in [3.63, 3.8) is 0 Å². The van der Waals surface area contributed by atoms with Gasteiger partial charge in [0.05, 0.1) is 6.61 Å². The molecule has 0 amide bonds. The molecule has 0 aromatic rings. The van der Waals surface area contributed by atoms with E-state index in [2.05, 4.69) is 18.7 Å². The summed E-state index contributed by atoms with van der Waals surface area (Å²) in [6, 6.07) is 0.786. The molecule has 0 aromatic heterocycles. The van der Waals surface area contributed by atoms with Crippen LogP contribution in [0.15, 0.2) is 0 Å². The molecule has 1 fully saturated rings. The van der Waals surface area contributed by atoms with E-state index in [0.717, 1.165) is 51.2 Å². The Kier molecular flexibility index (Phi) is 9.48. The van der Waals surface area contributed by atoms with Gasteiger partial charge in [-0.25, -0.2) is 0 Å². The summed E-state index contributed by atoms with van der Waals surface area (Å²) in [4.78, 5) is 2.63.